The molecule has 1 unspecified atom stereocenters. The van der Waals surface area contributed by atoms with Crippen LogP contribution < -0.4 is 5.32 Å². The van der Waals surface area contributed by atoms with Crippen molar-refractivity contribution >= 4 is 12.0 Å². The fourth-order valence-electron chi connectivity index (χ4n) is 7.38. The van der Waals surface area contributed by atoms with Crippen LogP contribution in [0.3, 0.4) is 0 Å². The number of allylic oxidation sites excluding steroid dienone is 1. The molecule has 1 N–H and O–H groups in total. The van der Waals surface area contributed by atoms with Gasteiger partial charge in [-0.05, 0) is 79.9 Å². The van der Waals surface area contributed by atoms with Gasteiger partial charge >= 0.3 is 0 Å². The van der Waals surface area contributed by atoms with E-state index in [0.29, 0.717) is 24.4 Å². The molecule has 5 heteroatoms. The zero-order valence-corrected chi connectivity index (χ0v) is 17.4. The van der Waals surface area contributed by atoms with Crippen molar-refractivity contribution in [3.63, 3.8) is 0 Å². The number of carbonyl (C=O) groups is 1. The number of imidazole rings is 1. The minimum Gasteiger partial charge on any atom is -0.352 e. The van der Waals surface area contributed by atoms with Gasteiger partial charge in [0, 0.05) is 49.2 Å². The maximum atomic E-state index is 13.0. The third-order valence-corrected chi connectivity index (χ3v) is 8.60. The number of hydrogen-bond acceptors (Lipinski definition) is 3. The molecule has 6 rings (SSSR count). The van der Waals surface area contributed by atoms with Crippen molar-refractivity contribution in [3.05, 3.63) is 54.4 Å². The van der Waals surface area contributed by atoms with E-state index in [2.05, 4.69) is 38.2 Å². The highest BCUT2D eigenvalue weighted by Crippen LogP contribution is 2.58. The van der Waals surface area contributed by atoms with E-state index in [0.717, 1.165) is 35.6 Å². The van der Waals surface area contributed by atoms with Gasteiger partial charge in [0.25, 0.3) is 0 Å². The smallest absolute Gasteiger partial charge is 0.223 e. The molecule has 7 atom stereocenters. The Kier molecular flexibility index (Phi) is 4.50. The summed E-state index contributed by atoms with van der Waals surface area (Å²) in [5, 5.41) is 3.20. The van der Waals surface area contributed by atoms with E-state index in [-0.39, 0.29) is 11.8 Å². The molecule has 3 fully saturated rings. The lowest BCUT2D eigenvalue weighted by Gasteiger charge is -2.51. The lowest BCUT2D eigenvalue weighted by Crippen LogP contribution is -2.45. The van der Waals surface area contributed by atoms with Crippen molar-refractivity contribution < 1.29 is 4.79 Å². The van der Waals surface area contributed by atoms with E-state index in [4.69, 9.17) is 0 Å². The first-order chi connectivity index (χ1) is 14.8. The largest absolute Gasteiger partial charge is 0.352 e. The van der Waals surface area contributed by atoms with Gasteiger partial charge in [0.1, 0.15) is 5.82 Å². The molecule has 4 aliphatic rings. The Balaban J connectivity index is 1.14. The Labute approximate surface area is 178 Å². The summed E-state index contributed by atoms with van der Waals surface area (Å²) in [6, 6.07) is 4.54. The summed E-state index contributed by atoms with van der Waals surface area (Å²) >= 11 is 0. The molecular weight excluding hydrogens is 372 g/mol. The topological polar surface area (TPSA) is 59.8 Å². The minimum atomic E-state index is 0.201. The molecule has 1 amide bonds. The maximum absolute atomic E-state index is 13.0. The van der Waals surface area contributed by atoms with Gasteiger partial charge in [-0.25, -0.2) is 4.98 Å². The number of pyridine rings is 1. The number of aromatic nitrogens is 3. The number of fused-ring (bicyclic) bond motifs is 7. The van der Waals surface area contributed by atoms with Crippen LogP contribution in [0, 0.1) is 35.5 Å². The van der Waals surface area contributed by atoms with Crippen LogP contribution in [0.5, 0.6) is 0 Å². The van der Waals surface area contributed by atoms with Crippen molar-refractivity contribution in [2.75, 3.05) is 0 Å². The fraction of sp³-hybridized carbons (Fsp3) is 0.560. The summed E-state index contributed by atoms with van der Waals surface area (Å²) in [5.74, 6) is 5.10. The SMILES string of the molecule is O=C(NCc1cccnc1)[C@@H]1CC[C@H]2[C@@H]3CCC4[C@H](C=Cc5nccn54)[C@H]3CC[C@@H]21. The molecule has 30 heavy (non-hydrogen) atoms. The third-order valence-electron chi connectivity index (χ3n) is 8.60. The van der Waals surface area contributed by atoms with E-state index in [9.17, 15) is 4.79 Å². The Bertz CT molecular complexity index is 951. The molecule has 3 saturated carbocycles. The summed E-state index contributed by atoms with van der Waals surface area (Å²) < 4.78 is 2.41. The monoisotopic (exact) mass is 402 g/mol. The van der Waals surface area contributed by atoms with Gasteiger partial charge in [-0.15, -0.1) is 0 Å². The van der Waals surface area contributed by atoms with E-state index < -0.39 is 0 Å². The van der Waals surface area contributed by atoms with E-state index in [1.165, 1.54) is 32.1 Å². The van der Waals surface area contributed by atoms with Crippen molar-refractivity contribution in [2.24, 2.45) is 35.5 Å². The average molecular weight is 403 g/mol. The predicted molar refractivity (Wildman–Crippen MR) is 115 cm³/mol. The van der Waals surface area contributed by atoms with Crippen LogP contribution in [0.25, 0.3) is 6.08 Å². The van der Waals surface area contributed by atoms with Crippen LogP contribution in [0.15, 0.2) is 43.0 Å². The first-order valence-corrected chi connectivity index (χ1v) is 11.7. The van der Waals surface area contributed by atoms with Gasteiger partial charge < -0.3 is 9.88 Å². The van der Waals surface area contributed by atoms with Gasteiger partial charge in [0.05, 0.1) is 0 Å². The predicted octanol–water partition coefficient (Wildman–Crippen LogP) is 4.24. The number of amides is 1. The molecular formula is C25H30N4O. The second kappa shape index (κ2) is 7.36. The normalized spacial score (nSPS) is 36.3. The first-order valence-electron chi connectivity index (χ1n) is 11.7. The van der Waals surface area contributed by atoms with E-state index in [1.807, 2.05) is 24.5 Å². The molecule has 5 nitrogen and oxygen atoms in total. The van der Waals surface area contributed by atoms with Crippen molar-refractivity contribution in [1.82, 2.24) is 19.9 Å². The zero-order chi connectivity index (χ0) is 20.1. The van der Waals surface area contributed by atoms with Crippen molar-refractivity contribution in [2.45, 2.75) is 51.1 Å². The molecule has 0 spiro atoms. The van der Waals surface area contributed by atoms with Crippen LogP contribution in [0.1, 0.15) is 56.0 Å². The van der Waals surface area contributed by atoms with E-state index >= 15 is 0 Å². The summed E-state index contributed by atoms with van der Waals surface area (Å²) in [4.78, 5) is 21.7. The quantitative estimate of drug-likeness (QED) is 0.835. The third kappa shape index (κ3) is 2.93. The lowest BCUT2D eigenvalue weighted by molar-refractivity contribution is -0.127. The number of hydrogen-bond donors (Lipinski definition) is 1. The van der Waals surface area contributed by atoms with Gasteiger partial charge in [0.15, 0.2) is 0 Å². The van der Waals surface area contributed by atoms with Crippen LogP contribution in [-0.2, 0) is 11.3 Å². The fourth-order valence-corrected chi connectivity index (χ4v) is 7.38. The molecule has 1 aliphatic heterocycles. The molecule has 0 saturated heterocycles. The second-order valence-electron chi connectivity index (χ2n) is 9.77. The molecule has 0 bridgehead atoms. The van der Waals surface area contributed by atoms with Gasteiger partial charge in [-0.3, -0.25) is 9.78 Å². The zero-order valence-electron chi connectivity index (χ0n) is 17.4. The second-order valence-corrected chi connectivity index (χ2v) is 9.77. The van der Waals surface area contributed by atoms with Crippen LogP contribution in [0.4, 0.5) is 0 Å². The standard InChI is InChI=1S/C25H30N4O/c30-25(28-15-16-2-1-11-26-14-16)22-6-5-17-18-7-9-23-21(19(18)3-4-20(17)22)8-10-24-27-12-13-29(23)24/h1-2,8,10-14,17-23H,3-7,9,15H2,(H,28,30)/t17-,18-,19-,20-,21+,22+,23?/m0/s1. The highest BCUT2D eigenvalue weighted by molar-refractivity contribution is 5.79. The summed E-state index contributed by atoms with van der Waals surface area (Å²) in [5.41, 5.74) is 1.07. The Morgan fingerprint density at radius 2 is 1.87 bits per heavy atom. The Morgan fingerprint density at radius 1 is 1.03 bits per heavy atom. The van der Waals surface area contributed by atoms with Crippen LogP contribution in [-0.4, -0.2) is 20.4 Å². The highest BCUT2D eigenvalue weighted by atomic mass is 16.1. The van der Waals surface area contributed by atoms with Crippen molar-refractivity contribution in [3.8, 4) is 0 Å². The van der Waals surface area contributed by atoms with Gasteiger partial charge in [-0.1, -0.05) is 12.1 Å². The lowest BCUT2D eigenvalue weighted by atomic mass is 9.56. The number of nitrogens with zero attached hydrogens (tertiary/aromatic N) is 3. The molecule has 2 aromatic rings. The molecule has 3 heterocycles. The number of rotatable bonds is 3. The van der Waals surface area contributed by atoms with Crippen LogP contribution in [0.2, 0.25) is 0 Å². The summed E-state index contributed by atoms with van der Waals surface area (Å²) in [6.45, 7) is 0.592. The summed E-state index contributed by atoms with van der Waals surface area (Å²) in [6.07, 6.45) is 19.7. The Hall–Kier alpha value is -2.43. The highest BCUT2D eigenvalue weighted by Gasteiger charge is 2.52. The molecule has 3 aliphatic carbocycles. The van der Waals surface area contributed by atoms with Gasteiger partial charge in [-0.2, -0.15) is 0 Å². The summed E-state index contributed by atoms with van der Waals surface area (Å²) in [7, 11) is 0. The number of carbonyl (C=O) groups excluding carboxylic acids is 1. The van der Waals surface area contributed by atoms with Crippen molar-refractivity contribution in [1.29, 1.82) is 0 Å². The molecule has 2 aromatic heterocycles. The average Bonchev–Trinajstić information content (AvgIpc) is 3.45. The number of nitrogens with one attached hydrogen (secondary N) is 1. The van der Waals surface area contributed by atoms with E-state index in [1.54, 1.807) is 6.20 Å². The maximum Gasteiger partial charge on any atom is 0.223 e. The molecule has 0 aromatic carbocycles. The minimum absolute atomic E-state index is 0.201. The first kappa shape index (κ1) is 18.3. The molecule has 0 radical (unpaired) electrons. The van der Waals surface area contributed by atoms with Crippen LogP contribution >= 0.6 is 0 Å². The molecule has 156 valence electrons. The van der Waals surface area contributed by atoms with Gasteiger partial charge in [0.2, 0.25) is 5.91 Å². The Morgan fingerprint density at radius 3 is 2.77 bits per heavy atom.